The van der Waals surface area contributed by atoms with Gasteiger partial charge in [-0.1, -0.05) is 48.5 Å². The fraction of sp³-hybridized carbons (Fsp3) is 0.185. The van der Waals surface area contributed by atoms with Crippen LogP contribution in [0.25, 0.3) is 0 Å². The molecule has 5 rings (SSSR count). The minimum Gasteiger partial charge on any atom is -0.492 e. The lowest BCUT2D eigenvalue weighted by Crippen LogP contribution is -2.29. The van der Waals surface area contributed by atoms with Crippen molar-refractivity contribution in [2.24, 2.45) is 0 Å². The van der Waals surface area contributed by atoms with Crippen molar-refractivity contribution in [1.29, 1.82) is 0 Å². The molecule has 1 aliphatic rings. The average molecular weight is 431 g/mol. The Morgan fingerprint density at radius 2 is 1.48 bits per heavy atom. The molecule has 0 saturated carbocycles. The van der Waals surface area contributed by atoms with Crippen molar-refractivity contribution in [3.63, 3.8) is 0 Å². The van der Waals surface area contributed by atoms with Gasteiger partial charge in [0.1, 0.15) is 12.4 Å². The molecule has 0 saturated heterocycles. The van der Waals surface area contributed by atoms with Crippen molar-refractivity contribution in [3.05, 3.63) is 115 Å². The average Bonchev–Trinajstić information content (AvgIpc) is 3.33. The van der Waals surface area contributed by atoms with Gasteiger partial charge < -0.3 is 14.2 Å². The Bertz CT molecular complexity index is 1080. The van der Waals surface area contributed by atoms with Crippen molar-refractivity contribution in [2.45, 2.75) is 25.4 Å². The van der Waals surface area contributed by atoms with Gasteiger partial charge in [-0.2, -0.15) is 0 Å². The summed E-state index contributed by atoms with van der Waals surface area (Å²) in [6, 6.07) is 32.6. The first kappa shape index (κ1) is 21.1. The lowest BCUT2D eigenvalue weighted by Gasteiger charge is -2.39. The summed E-state index contributed by atoms with van der Waals surface area (Å²) < 4.78 is 8.09. The normalized spacial score (nSPS) is 15.1. The lowest BCUT2D eigenvalue weighted by molar-refractivity contribution is 0.298. The number of hydrogen-bond donors (Lipinski definition) is 0. The van der Waals surface area contributed by atoms with Gasteiger partial charge in [0.25, 0.3) is 0 Å². The highest BCUT2D eigenvalue weighted by Gasteiger charge is 2.28. The van der Waals surface area contributed by atoms with E-state index in [-0.39, 0.29) is 12.4 Å². The van der Waals surface area contributed by atoms with E-state index in [9.17, 15) is 0 Å². The number of aromatic nitrogens is 1. The van der Waals surface area contributed by atoms with Crippen molar-refractivity contribution in [3.8, 4) is 5.75 Å². The molecule has 1 aliphatic heterocycles. The number of halogens is 1. The van der Waals surface area contributed by atoms with Crippen LogP contribution >= 0.6 is 12.4 Å². The molecule has 3 nitrogen and oxygen atoms in total. The Morgan fingerprint density at radius 1 is 0.774 bits per heavy atom. The fourth-order valence-corrected chi connectivity index (χ4v) is 4.35. The van der Waals surface area contributed by atoms with E-state index >= 15 is 0 Å². The second-order valence-corrected chi connectivity index (χ2v) is 7.73. The Hall–Kier alpha value is -3.17. The zero-order chi connectivity index (χ0) is 20.2. The molecule has 1 aromatic heterocycles. The third-order valence-corrected chi connectivity index (χ3v) is 5.83. The molecule has 1 atom stereocenters. The molecule has 1 unspecified atom stereocenters. The maximum Gasteiger partial charge on any atom is 0.119 e. The van der Waals surface area contributed by atoms with E-state index in [2.05, 4.69) is 101 Å². The summed E-state index contributed by atoms with van der Waals surface area (Å²) in [5.74, 6) is 0.910. The summed E-state index contributed by atoms with van der Waals surface area (Å²) in [4.78, 5) is 2.48. The second-order valence-electron chi connectivity index (χ2n) is 7.73. The van der Waals surface area contributed by atoms with E-state index in [0.29, 0.717) is 12.6 Å². The molecule has 158 valence electrons. The number of benzene rings is 3. The summed E-state index contributed by atoms with van der Waals surface area (Å²) in [7, 11) is 0. The summed E-state index contributed by atoms with van der Waals surface area (Å²) in [6.07, 6.45) is 6.33. The van der Waals surface area contributed by atoms with E-state index in [1.807, 2.05) is 12.1 Å². The number of rotatable bonds is 6. The van der Waals surface area contributed by atoms with Gasteiger partial charge in [-0.25, -0.2) is 0 Å². The molecule has 4 heteroatoms. The molecule has 2 heterocycles. The van der Waals surface area contributed by atoms with Gasteiger partial charge in [0.15, 0.2) is 0 Å². The molecule has 0 radical (unpaired) electrons. The highest BCUT2D eigenvalue weighted by Crippen LogP contribution is 2.43. The quantitative estimate of drug-likeness (QED) is 0.334. The molecule has 4 aromatic rings. The lowest BCUT2D eigenvalue weighted by atomic mass is 9.90. The Morgan fingerprint density at radius 3 is 2.26 bits per heavy atom. The Kier molecular flexibility index (Phi) is 6.63. The largest absolute Gasteiger partial charge is 0.492 e. The number of aryl methyl sites for hydroxylation is 1. The Balaban J connectivity index is 0.00000231. The highest BCUT2D eigenvalue weighted by molar-refractivity contribution is 5.85. The van der Waals surface area contributed by atoms with Gasteiger partial charge in [-0.15, -0.1) is 12.4 Å². The zero-order valence-electron chi connectivity index (χ0n) is 17.4. The Labute approximate surface area is 190 Å². The molecule has 0 N–H and O–H groups in total. The first-order valence-corrected chi connectivity index (χ1v) is 10.6. The second kappa shape index (κ2) is 9.76. The number of ether oxygens (including phenoxy) is 1. The number of anilines is 2. The van der Waals surface area contributed by atoms with E-state index in [1.54, 1.807) is 0 Å². The van der Waals surface area contributed by atoms with E-state index in [1.165, 1.54) is 22.5 Å². The first-order valence-electron chi connectivity index (χ1n) is 10.6. The van der Waals surface area contributed by atoms with Crippen LogP contribution in [0.1, 0.15) is 23.6 Å². The molecule has 0 fully saturated rings. The van der Waals surface area contributed by atoms with Crippen LogP contribution in [-0.2, 0) is 13.0 Å². The van der Waals surface area contributed by atoms with Gasteiger partial charge in [-0.05, 0) is 66.4 Å². The summed E-state index contributed by atoms with van der Waals surface area (Å²) in [5.41, 5.74) is 5.28. The maximum absolute atomic E-state index is 5.96. The number of hydrogen-bond acceptors (Lipinski definition) is 2. The van der Waals surface area contributed by atoms with Crippen molar-refractivity contribution in [2.75, 3.05) is 11.5 Å². The molecule has 31 heavy (non-hydrogen) atoms. The monoisotopic (exact) mass is 430 g/mol. The van der Waals surface area contributed by atoms with E-state index in [0.717, 1.165) is 25.1 Å². The van der Waals surface area contributed by atoms with Crippen molar-refractivity contribution < 1.29 is 4.74 Å². The molecular formula is C27H27ClN2O. The third-order valence-electron chi connectivity index (χ3n) is 5.83. The SMILES string of the molecule is Cl.c1ccc(C2CCc3ccccc3N2c2ccc(OCCn3cccc3)cc2)cc1. The van der Waals surface area contributed by atoms with Gasteiger partial charge in [-0.3, -0.25) is 0 Å². The number of para-hydroxylation sites is 1. The smallest absolute Gasteiger partial charge is 0.119 e. The minimum absolute atomic E-state index is 0. The van der Waals surface area contributed by atoms with Gasteiger partial charge in [0, 0.05) is 23.8 Å². The summed E-state index contributed by atoms with van der Waals surface area (Å²) in [6.45, 7) is 1.51. The van der Waals surface area contributed by atoms with Gasteiger partial charge >= 0.3 is 0 Å². The standard InChI is InChI=1S/C27H26N2O.ClH/c1-2-8-22(9-3-1)27-17-12-23-10-4-5-11-26(23)29(27)24-13-15-25(16-14-24)30-21-20-28-18-6-7-19-28;/h1-11,13-16,18-19,27H,12,17,20-21H2;1H. The molecule has 0 aliphatic carbocycles. The van der Waals surface area contributed by atoms with Gasteiger partial charge in [0.05, 0.1) is 12.6 Å². The zero-order valence-corrected chi connectivity index (χ0v) is 18.2. The summed E-state index contributed by atoms with van der Waals surface area (Å²) in [5, 5.41) is 0. The molecule has 0 bridgehead atoms. The van der Waals surface area contributed by atoms with Crippen LogP contribution in [0.4, 0.5) is 11.4 Å². The van der Waals surface area contributed by atoms with Crippen LogP contribution in [0.2, 0.25) is 0 Å². The third kappa shape index (κ3) is 4.62. The molecule has 3 aromatic carbocycles. The van der Waals surface area contributed by atoms with Gasteiger partial charge in [0.2, 0.25) is 0 Å². The van der Waals surface area contributed by atoms with E-state index in [4.69, 9.17) is 4.74 Å². The number of fused-ring (bicyclic) bond motifs is 1. The molecule has 0 spiro atoms. The van der Waals surface area contributed by atoms with E-state index < -0.39 is 0 Å². The van der Waals surface area contributed by atoms with Crippen LogP contribution in [0, 0.1) is 0 Å². The van der Waals surface area contributed by atoms with Crippen molar-refractivity contribution in [1.82, 2.24) is 4.57 Å². The van der Waals surface area contributed by atoms with Crippen LogP contribution in [0.3, 0.4) is 0 Å². The first-order chi connectivity index (χ1) is 14.9. The van der Waals surface area contributed by atoms with Crippen LogP contribution in [0.15, 0.2) is 103 Å². The van der Waals surface area contributed by atoms with Crippen molar-refractivity contribution >= 4 is 23.8 Å². The van der Waals surface area contributed by atoms with Crippen LogP contribution in [0.5, 0.6) is 5.75 Å². The molecule has 0 amide bonds. The highest BCUT2D eigenvalue weighted by atomic mass is 35.5. The topological polar surface area (TPSA) is 17.4 Å². The number of nitrogens with zero attached hydrogens (tertiary/aromatic N) is 2. The summed E-state index contributed by atoms with van der Waals surface area (Å²) >= 11 is 0. The minimum atomic E-state index is 0. The molecular weight excluding hydrogens is 404 g/mol. The van der Waals surface area contributed by atoms with Crippen LogP contribution < -0.4 is 9.64 Å². The van der Waals surface area contributed by atoms with Crippen LogP contribution in [-0.4, -0.2) is 11.2 Å². The predicted octanol–water partition coefficient (Wildman–Crippen LogP) is 6.81. The maximum atomic E-state index is 5.96. The fourth-order valence-electron chi connectivity index (χ4n) is 4.35. The predicted molar refractivity (Wildman–Crippen MR) is 130 cm³/mol.